The number of likely N-dealkylation sites (N-methyl/N-ethyl adjacent to an activating group) is 1. The van der Waals surface area contributed by atoms with Gasteiger partial charge in [-0.05, 0) is 107 Å². The molecular weight excluding hydrogens is 767 g/mol. The number of Topliss-reactive ketones (excluding diaryl/α,β-unsaturated/α-hetero) is 1. The predicted molar refractivity (Wildman–Crippen MR) is 224 cm³/mol. The standard InChI is InChI=1S/C48H69NO11/c1-10-31-17-14-18-40(60-42-20-19-39(28(4)56-42)49(6)47(52)30-15-12-11-13-16-30)27(3)43(51)38-24-36-34(37(38)25-41(50)58-31)21-26(2)33-22-32(23-35(33)36)59-48-46(55-9)45(54-8)44(53-7)29(5)57-48/h11-13,15-16,21,24,27-29,31-37,39-40,42,44-46,48H,10,14,17-20,22-23,25H2,1-9H3/t27-,28?,29?,31+,32-,33+,34-,35-,36-,37+,39+,40+,42+,44+,45?,46?,48+/m1/s1. The number of carbonyl (C=O) groups excluding carboxylic acids is 3. The fourth-order valence-electron chi connectivity index (χ4n) is 11.5. The molecule has 0 aromatic heterocycles. The summed E-state index contributed by atoms with van der Waals surface area (Å²) in [5.74, 6) is -0.388. The summed E-state index contributed by atoms with van der Waals surface area (Å²) in [6.07, 6.45) is 7.05. The maximum atomic E-state index is 14.9. The Bertz CT molecular complexity index is 1720. The van der Waals surface area contributed by atoms with Crippen molar-refractivity contribution in [3.63, 3.8) is 0 Å². The summed E-state index contributed by atoms with van der Waals surface area (Å²) in [5.41, 5.74) is 2.65. The fourth-order valence-corrected chi connectivity index (χ4v) is 11.5. The van der Waals surface area contributed by atoms with Gasteiger partial charge in [0.1, 0.15) is 24.4 Å². The summed E-state index contributed by atoms with van der Waals surface area (Å²) >= 11 is 0. The number of allylic oxidation sites excluding steroid dienone is 4. The summed E-state index contributed by atoms with van der Waals surface area (Å²) in [6.45, 7) is 10.2. The lowest BCUT2D eigenvalue weighted by atomic mass is 9.67. The summed E-state index contributed by atoms with van der Waals surface area (Å²) in [4.78, 5) is 43.7. The van der Waals surface area contributed by atoms with Crippen LogP contribution in [-0.4, -0.2) is 118 Å². The Morgan fingerprint density at radius 1 is 0.817 bits per heavy atom. The molecular formula is C48H69NO11. The second kappa shape index (κ2) is 19.6. The molecule has 3 heterocycles. The first-order valence-corrected chi connectivity index (χ1v) is 22.5. The highest BCUT2D eigenvalue weighted by atomic mass is 16.7. The van der Waals surface area contributed by atoms with Gasteiger partial charge in [0.05, 0.1) is 36.9 Å². The van der Waals surface area contributed by atoms with Crippen molar-refractivity contribution in [3.8, 4) is 0 Å². The molecule has 6 aliphatic rings. The quantitative estimate of drug-likeness (QED) is 0.177. The second-order valence-electron chi connectivity index (χ2n) is 18.3. The van der Waals surface area contributed by atoms with E-state index in [1.807, 2.05) is 58.2 Å². The molecule has 4 fully saturated rings. The lowest BCUT2D eigenvalue weighted by molar-refractivity contribution is -0.314. The van der Waals surface area contributed by atoms with Gasteiger partial charge in [0.2, 0.25) is 0 Å². The zero-order valence-corrected chi connectivity index (χ0v) is 37.2. The predicted octanol–water partition coefficient (Wildman–Crippen LogP) is 7.09. The zero-order chi connectivity index (χ0) is 42.8. The van der Waals surface area contributed by atoms with Gasteiger partial charge in [0, 0.05) is 52.2 Å². The molecule has 7 rings (SSSR count). The average molecular weight is 836 g/mol. The van der Waals surface area contributed by atoms with Crippen LogP contribution in [0.25, 0.3) is 0 Å². The first kappa shape index (κ1) is 45.1. The molecule has 12 nitrogen and oxygen atoms in total. The van der Waals surface area contributed by atoms with Gasteiger partial charge < -0.3 is 42.8 Å². The summed E-state index contributed by atoms with van der Waals surface area (Å²) < 4.78 is 50.0. The van der Waals surface area contributed by atoms with Crippen LogP contribution < -0.4 is 0 Å². The molecule has 3 aliphatic heterocycles. The van der Waals surface area contributed by atoms with Crippen LogP contribution in [-0.2, 0) is 47.5 Å². The van der Waals surface area contributed by atoms with Gasteiger partial charge >= 0.3 is 5.97 Å². The SMILES string of the molecule is CC[C@H]1CCC[C@H](O[C@H]2CC[C@H](N(C)C(=O)c3ccccc3)C(C)O2)[C@@H](C)C(=O)C2=C[C@@H]3[C@@H](C=C(C)[C@@H]4C[C@@H](O[C@@H]5OC(C)[C@H](OC)C(OC)C5OC)C[C@@H]34)[C@@H]2CC(=O)O1. The van der Waals surface area contributed by atoms with E-state index in [0.717, 1.165) is 37.7 Å². The van der Waals surface area contributed by atoms with E-state index in [4.69, 9.17) is 37.9 Å². The summed E-state index contributed by atoms with van der Waals surface area (Å²) in [7, 11) is 6.79. The minimum absolute atomic E-state index is 0.000795. The van der Waals surface area contributed by atoms with Crippen LogP contribution >= 0.6 is 0 Å². The van der Waals surface area contributed by atoms with Gasteiger partial charge in [0.25, 0.3) is 5.91 Å². The average Bonchev–Trinajstić information content (AvgIpc) is 3.83. The largest absolute Gasteiger partial charge is 0.462 e. The second-order valence-corrected chi connectivity index (χ2v) is 18.3. The Labute approximate surface area is 356 Å². The number of hydrogen-bond donors (Lipinski definition) is 0. The fraction of sp³-hybridized carbons (Fsp3) is 0.729. The molecule has 0 spiro atoms. The summed E-state index contributed by atoms with van der Waals surface area (Å²) in [6, 6.07) is 9.21. The van der Waals surface area contributed by atoms with Crippen LogP contribution in [0.4, 0.5) is 0 Å². The van der Waals surface area contributed by atoms with Crippen molar-refractivity contribution in [3.05, 3.63) is 59.2 Å². The number of hydrogen-bond acceptors (Lipinski definition) is 11. The first-order chi connectivity index (χ1) is 28.9. The van der Waals surface area contributed by atoms with E-state index >= 15 is 0 Å². The lowest BCUT2D eigenvalue weighted by Crippen LogP contribution is -2.59. The third kappa shape index (κ3) is 9.22. The number of ketones is 1. The Balaban J connectivity index is 1.08. The number of cyclic esters (lactones) is 1. The van der Waals surface area contributed by atoms with Gasteiger partial charge in [-0.2, -0.15) is 0 Å². The van der Waals surface area contributed by atoms with E-state index in [1.165, 1.54) is 5.57 Å². The van der Waals surface area contributed by atoms with E-state index in [9.17, 15) is 14.4 Å². The van der Waals surface area contributed by atoms with E-state index < -0.39 is 24.6 Å². The van der Waals surface area contributed by atoms with Crippen molar-refractivity contribution in [2.45, 2.75) is 160 Å². The van der Waals surface area contributed by atoms with Gasteiger partial charge in [-0.25, -0.2) is 0 Å². The highest BCUT2D eigenvalue weighted by Gasteiger charge is 2.54. The van der Waals surface area contributed by atoms with E-state index in [1.54, 1.807) is 26.2 Å². The van der Waals surface area contributed by atoms with Crippen molar-refractivity contribution in [1.29, 1.82) is 0 Å². The van der Waals surface area contributed by atoms with Crippen molar-refractivity contribution < 1.29 is 52.3 Å². The monoisotopic (exact) mass is 835 g/mol. The number of benzene rings is 1. The molecule has 0 bridgehead atoms. The van der Waals surface area contributed by atoms with Crippen molar-refractivity contribution in [2.75, 3.05) is 28.4 Å². The number of carbonyl (C=O) groups is 3. The Morgan fingerprint density at radius 2 is 1.55 bits per heavy atom. The Morgan fingerprint density at radius 3 is 2.23 bits per heavy atom. The number of amides is 1. The van der Waals surface area contributed by atoms with E-state index in [-0.39, 0.29) is 102 Å². The highest BCUT2D eigenvalue weighted by molar-refractivity contribution is 5.99. The number of esters is 1. The molecule has 12 heteroatoms. The smallest absolute Gasteiger partial charge is 0.306 e. The molecule has 17 atom stereocenters. The van der Waals surface area contributed by atoms with Gasteiger partial charge in [-0.3, -0.25) is 14.4 Å². The molecule has 3 aliphatic carbocycles. The molecule has 3 saturated heterocycles. The molecule has 1 saturated carbocycles. The van der Waals surface area contributed by atoms with Gasteiger partial charge in [-0.15, -0.1) is 0 Å². The third-order valence-corrected chi connectivity index (χ3v) is 14.8. The maximum Gasteiger partial charge on any atom is 0.306 e. The number of ether oxygens (including phenoxy) is 8. The van der Waals surface area contributed by atoms with Crippen LogP contribution in [0.5, 0.6) is 0 Å². The molecule has 1 aromatic rings. The minimum Gasteiger partial charge on any atom is -0.462 e. The van der Waals surface area contributed by atoms with Gasteiger partial charge in [0.15, 0.2) is 18.4 Å². The number of methoxy groups -OCH3 is 3. The Kier molecular flexibility index (Phi) is 14.7. The molecule has 0 N–H and O–H groups in total. The van der Waals surface area contributed by atoms with Crippen LogP contribution in [0, 0.1) is 35.5 Å². The molecule has 1 aromatic carbocycles. The number of fused-ring (bicyclic) bond motifs is 5. The summed E-state index contributed by atoms with van der Waals surface area (Å²) in [5, 5.41) is 0. The van der Waals surface area contributed by atoms with Gasteiger partial charge in [-0.1, -0.05) is 49.8 Å². The van der Waals surface area contributed by atoms with Crippen molar-refractivity contribution >= 4 is 17.7 Å². The van der Waals surface area contributed by atoms with Crippen LogP contribution in [0.3, 0.4) is 0 Å². The topological polar surface area (TPSA) is 128 Å². The Hall–Kier alpha value is -2.97. The molecule has 60 heavy (non-hydrogen) atoms. The normalized spacial score (nSPS) is 41.1. The molecule has 0 radical (unpaired) electrons. The molecule has 1 amide bonds. The lowest BCUT2D eigenvalue weighted by Gasteiger charge is -2.44. The third-order valence-electron chi connectivity index (χ3n) is 14.8. The molecule has 4 unspecified atom stereocenters. The van der Waals surface area contributed by atoms with Crippen molar-refractivity contribution in [2.24, 2.45) is 35.5 Å². The van der Waals surface area contributed by atoms with Crippen LogP contribution in [0.2, 0.25) is 0 Å². The van der Waals surface area contributed by atoms with Crippen LogP contribution in [0.1, 0.15) is 103 Å². The number of rotatable bonds is 10. The van der Waals surface area contributed by atoms with E-state index in [2.05, 4.69) is 26.0 Å². The van der Waals surface area contributed by atoms with Crippen LogP contribution in [0.15, 0.2) is 53.6 Å². The first-order valence-electron chi connectivity index (χ1n) is 22.5. The van der Waals surface area contributed by atoms with E-state index in [0.29, 0.717) is 24.8 Å². The maximum absolute atomic E-state index is 14.9. The molecule has 332 valence electrons. The number of nitrogens with zero attached hydrogens (tertiary/aromatic N) is 1. The zero-order valence-electron chi connectivity index (χ0n) is 37.2. The highest BCUT2D eigenvalue weighted by Crippen LogP contribution is 2.56. The minimum atomic E-state index is -0.621. The van der Waals surface area contributed by atoms with Crippen molar-refractivity contribution in [1.82, 2.24) is 4.90 Å².